The van der Waals surface area contributed by atoms with E-state index in [1.54, 1.807) is 14.2 Å². The first-order chi connectivity index (χ1) is 8.97. The highest BCUT2D eigenvalue weighted by atomic mass is 16.5. The van der Waals surface area contributed by atoms with E-state index in [1.807, 2.05) is 27.7 Å². The minimum atomic E-state index is -0.232. The number of nitrogens with two attached hydrogens (primary N) is 1. The molecular formula is C13H29N3O3. The molecule has 1 aliphatic rings. The number of ether oxygens (including phenoxy) is 1. The van der Waals surface area contributed by atoms with Crippen LogP contribution >= 0.6 is 0 Å². The summed E-state index contributed by atoms with van der Waals surface area (Å²) in [6, 6.07) is -0.133. The minimum absolute atomic E-state index is 0.133. The van der Waals surface area contributed by atoms with E-state index in [-0.39, 0.29) is 24.0 Å². The first kappa shape index (κ1) is 20.2. The highest BCUT2D eigenvalue weighted by molar-refractivity contribution is 5.80. The monoisotopic (exact) mass is 275 g/mol. The van der Waals surface area contributed by atoms with Crippen LogP contribution in [0.2, 0.25) is 0 Å². The zero-order valence-electron chi connectivity index (χ0n) is 13.0. The van der Waals surface area contributed by atoms with Crippen molar-refractivity contribution in [1.29, 1.82) is 0 Å². The highest BCUT2D eigenvalue weighted by Gasteiger charge is 2.36. The van der Waals surface area contributed by atoms with E-state index in [9.17, 15) is 4.79 Å². The van der Waals surface area contributed by atoms with Crippen molar-refractivity contribution in [3.63, 3.8) is 0 Å². The zero-order valence-corrected chi connectivity index (χ0v) is 13.0. The molecule has 0 radical (unpaired) electrons. The van der Waals surface area contributed by atoms with Crippen LogP contribution in [-0.2, 0) is 14.3 Å². The second-order valence-corrected chi connectivity index (χ2v) is 4.31. The third kappa shape index (κ3) is 7.79. The Morgan fingerprint density at radius 1 is 1.42 bits per heavy atom. The van der Waals surface area contributed by atoms with E-state index < -0.39 is 0 Å². The maximum Gasteiger partial charge on any atom is 0.235 e. The van der Waals surface area contributed by atoms with E-state index in [2.05, 4.69) is 10.2 Å². The van der Waals surface area contributed by atoms with Crippen molar-refractivity contribution in [2.24, 2.45) is 11.7 Å². The largest absolute Gasteiger partial charge is 0.379 e. The summed E-state index contributed by atoms with van der Waals surface area (Å²) >= 11 is 0. The fourth-order valence-corrected chi connectivity index (χ4v) is 1.78. The summed E-state index contributed by atoms with van der Waals surface area (Å²) in [5.41, 5.74) is 5.31. The van der Waals surface area contributed by atoms with Gasteiger partial charge in [0.2, 0.25) is 12.3 Å². The quantitative estimate of drug-likeness (QED) is 0.703. The highest BCUT2D eigenvalue weighted by Crippen LogP contribution is 2.19. The van der Waals surface area contributed by atoms with Crippen molar-refractivity contribution < 1.29 is 14.3 Å². The van der Waals surface area contributed by atoms with Gasteiger partial charge < -0.3 is 15.8 Å². The normalized spacial score (nSPS) is 16.2. The molecule has 1 atom stereocenters. The average molecular weight is 275 g/mol. The molecule has 0 aromatic rings. The molecule has 2 amide bonds. The van der Waals surface area contributed by atoms with Crippen molar-refractivity contribution in [1.82, 2.24) is 10.2 Å². The van der Waals surface area contributed by atoms with E-state index in [0.29, 0.717) is 6.41 Å². The maximum absolute atomic E-state index is 11.1. The van der Waals surface area contributed by atoms with Crippen molar-refractivity contribution in [2.45, 2.75) is 39.8 Å². The number of hydrogen-bond acceptors (Lipinski definition) is 4. The summed E-state index contributed by atoms with van der Waals surface area (Å²) in [7, 11) is 3.25. The van der Waals surface area contributed by atoms with Crippen LogP contribution in [0, 0.1) is 5.92 Å². The Hall–Kier alpha value is -1.14. The van der Waals surface area contributed by atoms with Crippen LogP contribution in [0.3, 0.4) is 0 Å². The standard InChI is InChI=1S/C9H18N2O2.C2H5NO.C2H6/c1-6(2)8(9(10)12)11-4-7(5-11)13-3;1-3-2-4;1-2/h6-8H,4-5H2,1-3H3,(H2,10,12);2H,1H3,(H,3,4);1-2H3. The number of primary amides is 1. The van der Waals surface area contributed by atoms with Gasteiger partial charge in [0.05, 0.1) is 12.1 Å². The van der Waals surface area contributed by atoms with Crippen molar-refractivity contribution in [3.8, 4) is 0 Å². The van der Waals surface area contributed by atoms with Gasteiger partial charge >= 0.3 is 0 Å². The molecule has 19 heavy (non-hydrogen) atoms. The average Bonchev–Trinajstić information content (AvgIpc) is 2.34. The van der Waals surface area contributed by atoms with Crippen LogP contribution in [0.15, 0.2) is 0 Å². The predicted molar refractivity (Wildman–Crippen MR) is 76.7 cm³/mol. The number of carbonyl (C=O) groups is 2. The smallest absolute Gasteiger partial charge is 0.235 e. The molecule has 6 heteroatoms. The van der Waals surface area contributed by atoms with E-state index in [0.717, 1.165) is 13.1 Å². The molecule has 0 bridgehead atoms. The Morgan fingerprint density at radius 3 is 2.05 bits per heavy atom. The van der Waals surface area contributed by atoms with Gasteiger partial charge in [0.15, 0.2) is 0 Å². The molecule has 1 unspecified atom stereocenters. The molecule has 1 saturated heterocycles. The first-order valence-electron chi connectivity index (χ1n) is 6.64. The summed E-state index contributed by atoms with van der Waals surface area (Å²) in [5, 5.41) is 2.25. The lowest BCUT2D eigenvalue weighted by molar-refractivity contribution is -0.131. The van der Waals surface area contributed by atoms with Gasteiger partial charge in [0, 0.05) is 27.2 Å². The second-order valence-electron chi connectivity index (χ2n) is 4.31. The fourth-order valence-electron chi connectivity index (χ4n) is 1.78. The van der Waals surface area contributed by atoms with Gasteiger partial charge in [0.1, 0.15) is 0 Å². The lowest BCUT2D eigenvalue weighted by atomic mass is 9.97. The number of rotatable bonds is 5. The minimum Gasteiger partial charge on any atom is -0.379 e. The summed E-state index contributed by atoms with van der Waals surface area (Å²) in [4.78, 5) is 22.2. The number of nitrogens with zero attached hydrogens (tertiary/aromatic N) is 1. The Labute approximate surface area is 116 Å². The van der Waals surface area contributed by atoms with Crippen molar-refractivity contribution in [2.75, 3.05) is 27.2 Å². The molecule has 3 N–H and O–H groups in total. The third-order valence-electron chi connectivity index (χ3n) is 2.64. The third-order valence-corrected chi connectivity index (χ3v) is 2.64. The number of methoxy groups -OCH3 is 1. The Balaban J connectivity index is 0. The van der Waals surface area contributed by atoms with Gasteiger partial charge in [-0.05, 0) is 5.92 Å². The Morgan fingerprint density at radius 2 is 1.84 bits per heavy atom. The molecule has 0 saturated carbocycles. The summed E-state index contributed by atoms with van der Waals surface area (Å²) in [5.74, 6) is 0.0415. The molecule has 1 aliphatic heterocycles. The Kier molecular flexibility index (Phi) is 12.7. The molecule has 0 aromatic carbocycles. The first-order valence-corrected chi connectivity index (χ1v) is 6.64. The van der Waals surface area contributed by atoms with Gasteiger partial charge in [0.25, 0.3) is 0 Å². The van der Waals surface area contributed by atoms with E-state index >= 15 is 0 Å². The van der Waals surface area contributed by atoms with E-state index in [4.69, 9.17) is 15.3 Å². The zero-order chi connectivity index (χ0) is 15.4. The van der Waals surface area contributed by atoms with Gasteiger partial charge in [-0.25, -0.2) is 0 Å². The molecule has 6 nitrogen and oxygen atoms in total. The number of nitrogens with one attached hydrogen (secondary N) is 1. The van der Waals surface area contributed by atoms with E-state index in [1.165, 1.54) is 0 Å². The fraction of sp³-hybridized carbons (Fsp3) is 0.846. The number of likely N-dealkylation sites (tertiary alicyclic amines) is 1. The molecule has 0 spiro atoms. The number of amides is 2. The maximum atomic E-state index is 11.1. The topological polar surface area (TPSA) is 84.7 Å². The molecule has 0 aromatic heterocycles. The molecule has 1 fully saturated rings. The van der Waals surface area contributed by atoms with Crippen LogP contribution in [0.4, 0.5) is 0 Å². The molecule has 0 aliphatic carbocycles. The lowest BCUT2D eigenvalue weighted by Crippen LogP contribution is -2.61. The predicted octanol–water partition coefficient (Wildman–Crippen LogP) is 0.215. The number of carbonyl (C=O) groups excluding carboxylic acids is 2. The van der Waals surface area contributed by atoms with Crippen molar-refractivity contribution in [3.05, 3.63) is 0 Å². The Bertz CT molecular complexity index is 241. The van der Waals surface area contributed by atoms with Gasteiger partial charge in [-0.1, -0.05) is 27.7 Å². The summed E-state index contributed by atoms with van der Waals surface area (Å²) < 4.78 is 5.13. The SMILES string of the molecule is CC.CNC=O.COC1CN(C(C(N)=O)C(C)C)C1. The van der Waals surface area contributed by atoms with Crippen LogP contribution in [0.1, 0.15) is 27.7 Å². The van der Waals surface area contributed by atoms with Gasteiger partial charge in [-0.3, -0.25) is 14.5 Å². The number of hydrogen-bond donors (Lipinski definition) is 2. The van der Waals surface area contributed by atoms with Gasteiger partial charge in [-0.15, -0.1) is 0 Å². The summed E-state index contributed by atoms with van der Waals surface area (Å²) in [6.07, 6.45) is 0.903. The van der Waals surface area contributed by atoms with Crippen molar-refractivity contribution >= 4 is 12.3 Å². The molecular weight excluding hydrogens is 246 g/mol. The van der Waals surface area contributed by atoms with Crippen LogP contribution in [0.25, 0.3) is 0 Å². The molecule has 114 valence electrons. The van der Waals surface area contributed by atoms with Crippen LogP contribution in [-0.4, -0.2) is 56.6 Å². The summed E-state index contributed by atoms with van der Waals surface area (Å²) in [6.45, 7) is 9.66. The van der Waals surface area contributed by atoms with Crippen LogP contribution < -0.4 is 11.1 Å². The molecule has 1 rings (SSSR count). The van der Waals surface area contributed by atoms with Gasteiger partial charge in [-0.2, -0.15) is 0 Å². The second kappa shape index (κ2) is 11.9. The lowest BCUT2D eigenvalue weighted by Gasteiger charge is -2.43. The van der Waals surface area contributed by atoms with Crippen LogP contribution in [0.5, 0.6) is 0 Å². The molecule has 1 heterocycles.